The van der Waals surface area contributed by atoms with Gasteiger partial charge in [0.15, 0.2) is 0 Å². The lowest BCUT2D eigenvalue weighted by molar-refractivity contribution is -0.145. The first-order chi connectivity index (χ1) is 8.58. The van der Waals surface area contributed by atoms with Crippen molar-refractivity contribution in [1.82, 2.24) is 0 Å². The Morgan fingerprint density at radius 3 is 2.33 bits per heavy atom. The Hall–Kier alpha value is -2.04. The number of carbonyl (C=O) groups excluding carboxylic acids is 1. The maximum atomic E-state index is 12.0. The summed E-state index contributed by atoms with van der Waals surface area (Å²) < 4.78 is 0. The summed E-state index contributed by atoms with van der Waals surface area (Å²) in [6.07, 6.45) is 1.94. The fourth-order valence-electron chi connectivity index (χ4n) is 2.35. The molecule has 5 heteroatoms. The van der Waals surface area contributed by atoms with Crippen molar-refractivity contribution in [3.63, 3.8) is 0 Å². The first kappa shape index (κ1) is 12.4. The van der Waals surface area contributed by atoms with Gasteiger partial charge < -0.3 is 15.5 Å². The highest BCUT2D eigenvalue weighted by Gasteiger charge is 2.37. The number of amides is 1. The van der Waals surface area contributed by atoms with Crippen LogP contribution in [0.1, 0.15) is 19.3 Å². The van der Waals surface area contributed by atoms with Crippen LogP contribution in [0.3, 0.4) is 0 Å². The maximum absolute atomic E-state index is 12.0. The highest BCUT2D eigenvalue weighted by Crippen LogP contribution is 2.32. The molecule has 1 amide bonds. The third kappa shape index (κ3) is 2.61. The van der Waals surface area contributed by atoms with Gasteiger partial charge in [-0.1, -0.05) is 6.42 Å². The zero-order valence-electron chi connectivity index (χ0n) is 9.80. The fourth-order valence-corrected chi connectivity index (χ4v) is 2.35. The highest BCUT2D eigenvalue weighted by molar-refractivity contribution is 5.95. The van der Waals surface area contributed by atoms with Crippen LogP contribution in [-0.4, -0.2) is 22.1 Å². The second-order valence-electron chi connectivity index (χ2n) is 4.52. The number of carboxylic acids is 1. The number of carboxylic acid groups (broad SMARTS) is 1. The van der Waals surface area contributed by atoms with Gasteiger partial charge in [0.25, 0.3) is 0 Å². The van der Waals surface area contributed by atoms with Crippen molar-refractivity contribution in [1.29, 1.82) is 0 Å². The number of hydrogen-bond donors (Lipinski definition) is 3. The van der Waals surface area contributed by atoms with Crippen molar-refractivity contribution >= 4 is 17.6 Å². The van der Waals surface area contributed by atoms with E-state index in [0.717, 1.165) is 6.42 Å². The number of nitrogens with one attached hydrogen (secondary N) is 1. The van der Waals surface area contributed by atoms with Gasteiger partial charge in [0.05, 0.1) is 11.8 Å². The Balaban J connectivity index is 2.03. The third-order valence-electron chi connectivity index (χ3n) is 3.30. The lowest BCUT2D eigenvalue weighted by Crippen LogP contribution is -2.29. The van der Waals surface area contributed by atoms with Gasteiger partial charge in [0.2, 0.25) is 5.91 Å². The molecule has 3 N–H and O–H groups in total. The van der Waals surface area contributed by atoms with E-state index in [9.17, 15) is 9.59 Å². The molecule has 1 fully saturated rings. The second-order valence-corrected chi connectivity index (χ2v) is 4.52. The molecule has 1 aromatic carbocycles. The molecule has 0 aromatic heterocycles. The number of aromatic hydroxyl groups is 1. The van der Waals surface area contributed by atoms with Crippen LogP contribution < -0.4 is 5.32 Å². The Labute approximate surface area is 104 Å². The van der Waals surface area contributed by atoms with Crippen molar-refractivity contribution in [2.24, 2.45) is 11.8 Å². The number of phenolic OH excluding ortho intramolecular Hbond substituents is 1. The number of benzene rings is 1. The largest absolute Gasteiger partial charge is 0.508 e. The summed E-state index contributed by atoms with van der Waals surface area (Å²) in [5.41, 5.74) is 0.564. The molecule has 1 saturated carbocycles. The summed E-state index contributed by atoms with van der Waals surface area (Å²) in [6.45, 7) is 0. The molecule has 1 aliphatic rings. The summed E-state index contributed by atoms with van der Waals surface area (Å²) in [7, 11) is 0. The van der Waals surface area contributed by atoms with Gasteiger partial charge in [0.1, 0.15) is 5.75 Å². The normalized spacial score (nSPS) is 22.7. The quantitative estimate of drug-likeness (QED) is 0.713. The zero-order valence-corrected chi connectivity index (χ0v) is 9.80. The number of rotatable bonds is 3. The number of anilines is 1. The SMILES string of the molecule is O=C(O)C1CCCC1C(=O)Nc1ccc(O)cc1. The van der Waals surface area contributed by atoms with Crippen LogP contribution in [0, 0.1) is 11.8 Å². The summed E-state index contributed by atoms with van der Waals surface area (Å²) in [4.78, 5) is 23.0. The van der Waals surface area contributed by atoms with Gasteiger partial charge in [0, 0.05) is 5.69 Å². The predicted octanol–water partition coefficient (Wildman–Crippen LogP) is 1.83. The molecule has 2 atom stereocenters. The first-order valence-electron chi connectivity index (χ1n) is 5.90. The zero-order chi connectivity index (χ0) is 13.1. The van der Waals surface area contributed by atoms with Gasteiger partial charge in [-0.3, -0.25) is 9.59 Å². The highest BCUT2D eigenvalue weighted by atomic mass is 16.4. The van der Waals surface area contributed by atoms with Gasteiger partial charge in [-0.2, -0.15) is 0 Å². The van der Waals surface area contributed by atoms with Gasteiger partial charge >= 0.3 is 5.97 Å². The van der Waals surface area contributed by atoms with Gasteiger partial charge in [-0.15, -0.1) is 0 Å². The van der Waals surface area contributed by atoms with E-state index in [1.165, 1.54) is 12.1 Å². The summed E-state index contributed by atoms with van der Waals surface area (Å²) in [5, 5.41) is 20.8. The smallest absolute Gasteiger partial charge is 0.307 e. The molecule has 1 aliphatic carbocycles. The molecule has 0 saturated heterocycles. The minimum atomic E-state index is -0.904. The third-order valence-corrected chi connectivity index (χ3v) is 3.30. The minimum absolute atomic E-state index is 0.122. The number of phenols is 1. The van der Waals surface area contributed by atoms with Crippen LogP contribution >= 0.6 is 0 Å². The number of carbonyl (C=O) groups is 2. The van der Waals surface area contributed by atoms with Crippen molar-refractivity contribution < 1.29 is 19.8 Å². The average molecular weight is 249 g/mol. The monoisotopic (exact) mass is 249 g/mol. The molecular formula is C13H15NO4. The molecule has 1 aromatic rings. The van der Waals surface area contributed by atoms with Crippen LogP contribution in [0.4, 0.5) is 5.69 Å². The molecule has 0 bridgehead atoms. The van der Waals surface area contributed by atoms with E-state index in [1.54, 1.807) is 12.1 Å². The molecule has 0 radical (unpaired) electrons. The molecule has 96 valence electrons. The standard InChI is InChI=1S/C13H15NO4/c15-9-6-4-8(5-7-9)14-12(16)10-2-1-3-11(10)13(17)18/h4-7,10-11,15H,1-3H2,(H,14,16)(H,17,18). The fraction of sp³-hybridized carbons (Fsp3) is 0.385. The first-order valence-corrected chi connectivity index (χ1v) is 5.90. The minimum Gasteiger partial charge on any atom is -0.508 e. The predicted molar refractivity (Wildman–Crippen MR) is 65.2 cm³/mol. The van der Waals surface area contributed by atoms with Crippen molar-refractivity contribution in [2.45, 2.75) is 19.3 Å². The van der Waals surface area contributed by atoms with E-state index < -0.39 is 17.8 Å². The van der Waals surface area contributed by atoms with Crippen molar-refractivity contribution in [2.75, 3.05) is 5.32 Å². The van der Waals surface area contributed by atoms with E-state index in [0.29, 0.717) is 18.5 Å². The maximum Gasteiger partial charge on any atom is 0.307 e. The number of aliphatic carboxylic acids is 1. The lowest BCUT2D eigenvalue weighted by atomic mass is 9.95. The lowest BCUT2D eigenvalue weighted by Gasteiger charge is -2.15. The number of hydrogen-bond acceptors (Lipinski definition) is 3. The Morgan fingerprint density at radius 1 is 1.11 bits per heavy atom. The van der Waals surface area contributed by atoms with Gasteiger partial charge in [-0.05, 0) is 37.1 Å². The average Bonchev–Trinajstić information content (AvgIpc) is 2.81. The van der Waals surface area contributed by atoms with Crippen LogP contribution in [0.25, 0.3) is 0 Å². The van der Waals surface area contributed by atoms with E-state index in [2.05, 4.69) is 5.32 Å². The molecule has 18 heavy (non-hydrogen) atoms. The van der Waals surface area contributed by atoms with Crippen LogP contribution in [-0.2, 0) is 9.59 Å². The summed E-state index contributed by atoms with van der Waals surface area (Å²) in [6, 6.07) is 6.10. The second kappa shape index (κ2) is 5.08. The summed E-state index contributed by atoms with van der Waals surface area (Å²) >= 11 is 0. The molecular weight excluding hydrogens is 234 g/mol. The Bertz CT molecular complexity index is 455. The molecule has 2 rings (SSSR count). The van der Waals surface area contributed by atoms with Crippen LogP contribution in [0.2, 0.25) is 0 Å². The Kier molecular flexibility index (Phi) is 3.50. The van der Waals surface area contributed by atoms with Crippen LogP contribution in [0.5, 0.6) is 5.75 Å². The van der Waals surface area contributed by atoms with E-state index in [1.807, 2.05) is 0 Å². The molecule has 0 spiro atoms. The molecule has 5 nitrogen and oxygen atoms in total. The Morgan fingerprint density at radius 2 is 1.72 bits per heavy atom. The van der Waals surface area contributed by atoms with E-state index in [4.69, 9.17) is 10.2 Å². The van der Waals surface area contributed by atoms with E-state index >= 15 is 0 Å². The van der Waals surface area contributed by atoms with Gasteiger partial charge in [-0.25, -0.2) is 0 Å². The van der Waals surface area contributed by atoms with E-state index in [-0.39, 0.29) is 11.7 Å². The molecule has 0 aliphatic heterocycles. The van der Waals surface area contributed by atoms with Crippen molar-refractivity contribution in [3.05, 3.63) is 24.3 Å². The molecule has 2 unspecified atom stereocenters. The van der Waals surface area contributed by atoms with Crippen LogP contribution in [0.15, 0.2) is 24.3 Å². The molecule has 0 heterocycles. The van der Waals surface area contributed by atoms with Crippen molar-refractivity contribution in [3.8, 4) is 5.75 Å². The topological polar surface area (TPSA) is 86.6 Å². The summed E-state index contributed by atoms with van der Waals surface area (Å²) in [5.74, 6) is -2.08.